The molecule has 1 atom stereocenters. The van der Waals surface area contributed by atoms with Crippen molar-refractivity contribution in [2.75, 3.05) is 13.8 Å². The largest absolute Gasteiger partial charge is 0.454 e. The van der Waals surface area contributed by atoms with E-state index in [4.69, 9.17) is 9.47 Å². The Labute approximate surface area is 135 Å². The van der Waals surface area contributed by atoms with Crippen LogP contribution in [0.25, 0.3) is 0 Å². The van der Waals surface area contributed by atoms with Crippen molar-refractivity contribution in [2.24, 2.45) is 0 Å². The molecule has 6 heteroatoms. The summed E-state index contributed by atoms with van der Waals surface area (Å²) in [5, 5.41) is 2.97. The fourth-order valence-electron chi connectivity index (χ4n) is 2.37. The van der Waals surface area contributed by atoms with E-state index in [1.807, 2.05) is 43.3 Å². The number of nitrogens with zero attached hydrogens (tertiary/aromatic N) is 2. The predicted octanol–water partition coefficient (Wildman–Crippen LogP) is 2.71. The molecule has 2 amide bonds. The summed E-state index contributed by atoms with van der Waals surface area (Å²) in [5.74, 6) is 1.45. The zero-order valence-electron chi connectivity index (χ0n) is 13.2. The van der Waals surface area contributed by atoms with Crippen LogP contribution in [0.5, 0.6) is 11.5 Å². The maximum atomic E-state index is 12.3. The summed E-state index contributed by atoms with van der Waals surface area (Å²) in [6.45, 7) is 2.64. The third-order valence-corrected chi connectivity index (χ3v) is 3.71. The molecule has 1 unspecified atom stereocenters. The lowest BCUT2D eigenvalue weighted by molar-refractivity contribution is 0.174. The van der Waals surface area contributed by atoms with Gasteiger partial charge in [0.15, 0.2) is 11.5 Å². The third-order valence-electron chi connectivity index (χ3n) is 3.71. The topological polar surface area (TPSA) is 63.7 Å². The molecule has 1 N–H and O–H groups in total. The molecule has 0 fully saturated rings. The van der Waals surface area contributed by atoms with E-state index in [1.165, 1.54) is 0 Å². The standard InChI is InChI=1S/C17H19N3O3/c1-12(13-6-7-15-16(9-13)23-11-22-15)19-17(21)20(2)10-14-5-3-4-8-18-14/h3-9,12H,10-11H2,1-2H3,(H,19,21). The van der Waals surface area contributed by atoms with Gasteiger partial charge >= 0.3 is 6.03 Å². The van der Waals surface area contributed by atoms with E-state index in [0.29, 0.717) is 12.3 Å². The van der Waals surface area contributed by atoms with Gasteiger partial charge in [0.2, 0.25) is 6.79 Å². The molecule has 0 bridgehead atoms. The zero-order chi connectivity index (χ0) is 16.2. The number of carbonyl (C=O) groups excluding carboxylic acids is 1. The first-order valence-electron chi connectivity index (χ1n) is 7.44. The highest BCUT2D eigenvalue weighted by molar-refractivity contribution is 5.74. The number of rotatable bonds is 4. The first-order valence-corrected chi connectivity index (χ1v) is 7.44. The van der Waals surface area contributed by atoms with Gasteiger partial charge in [-0.2, -0.15) is 0 Å². The number of aromatic nitrogens is 1. The number of hydrogen-bond acceptors (Lipinski definition) is 4. The quantitative estimate of drug-likeness (QED) is 0.942. The average molecular weight is 313 g/mol. The van der Waals surface area contributed by atoms with Crippen LogP contribution in [0, 0.1) is 0 Å². The summed E-state index contributed by atoms with van der Waals surface area (Å²) in [6, 6.07) is 11.0. The van der Waals surface area contributed by atoms with Crippen LogP contribution in [-0.2, 0) is 6.54 Å². The van der Waals surface area contributed by atoms with E-state index in [1.54, 1.807) is 18.1 Å². The number of fused-ring (bicyclic) bond motifs is 1. The third kappa shape index (κ3) is 3.53. The van der Waals surface area contributed by atoms with Gasteiger partial charge in [-0.3, -0.25) is 4.98 Å². The minimum atomic E-state index is -0.152. The number of amides is 2. The summed E-state index contributed by atoms with van der Waals surface area (Å²) < 4.78 is 10.7. The van der Waals surface area contributed by atoms with Gasteiger partial charge in [0, 0.05) is 13.2 Å². The summed E-state index contributed by atoms with van der Waals surface area (Å²) in [6.07, 6.45) is 1.72. The monoisotopic (exact) mass is 313 g/mol. The second-order valence-corrected chi connectivity index (χ2v) is 5.46. The average Bonchev–Trinajstić information content (AvgIpc) is 3.03. The minimum Gasteiger partial charge on any atom is -0.454 e. The van der Waals surface area contributed by atoms with Crippen LogP contribution < -0.4 is 14.8 Å². The molecule has 6 nitrogen and oxygen atoms in total. The second-order valence-electron chi connectivity index (χ2n) is 5.46. The molecule has 0 radical (unpaired) electrons. The smallest absolute Gasteiger partial charge is 0.317 e. The number of carbonyl (C=O) groups is 1. The van der Waals surface area contributed by atoms with Crippen LogP contribution in [0.4, 0.5) is 4.79 Å². The summed E-state index contributed by atoms with van der Waals surface area (Å²) in [7, 11) is 1.75. The molecule has 1 aromatic heterocycles. The zero-order valence-corrected chi connectivity index (χ0v) is 13.2. The maximum absolute atomic E-state index is 12.3. The van der Waals surface area contributed by atoms with Crippen molar-refractivity contribution in [3.8, 4) is 11.5 Å². The van der Waals surface area contributed by atoms with E-state index in [-0.39, 0.29) is 18.9 Å². The SMILES string of the molecule is CC(NC(=O)N(C)Cc1ccccn1)c1ccc2c(c1)OCO2. The molecule has 120 valence electrons. The maximum Gasteiger partial charge on any atom is 0.317 e. The van der Waals surface area contributed by atoms with E-state index in [0.717, 1.165) is 17.0 Å². The number of hydrogen-bond donors (Lipinski definition) is 1. The first kappa shape index (κ1) is 15.1. The van der Waals surface area contributed by atoms with Crippen LogP contribution in [0.15, 0.2) is 42.6 Å². The Morgan fingerprint density at radius 2 is 2.13 bits per heavy atom. The predicted molar refractivity (Wildman–Crippen MR) is 85.2 cm³/mol. The highest BCUT2D eigenvalue weighted by atomic mass is 16.7. The van der Waals surface area contributed by atoms with Crippen LogP contribution >= 0.6 is 0 Å². The second kappa shape index (κ2) is 6.56. The highest BCUT2D eigenvalue weighted by Gasteiger charge is 2.18. The normalized spacial score (nSPS) is 13.5. The minimum absolute atomic E-state index is 0.136. The molecule has 1 aromatic carbocycles. The lowest BCUT2D eigenvalue weighted by Crippen LogP contribution is -2.38. The van der Waals surface area contributed by atoms with Gasteiger partial charge < -0.3 is 19.7 Å². The van der Waals surface area contributed by atoms with Crippen molar-refractivity contribution in [3.05, 3.63) is 53.9 Å². The molecule has 2 heterocycles. The van der Waals surface area contributed by atoms with Gasteiger partial charge in [-0.25, -0.2) is 4.79 Å². The van der Waals surface area contributed by atoms with Crippen molar-refractivity contribution in [3.63, 3.8) is 0 Å². The van der Waals surface area contributed by atoms with Crippen molar-refractivity contribution in [1.29, 1.82) is 0 Å². The van der Waals surface area contributed by atoms with Crippen molar-refractivity contribution < 1.29 is 14.3 Å². The number of nitrogens with one attached hydrogen (secondary N) is 1. The summed E-state index contributed by atoms with van der Waals surface area (Å²) in [4.78, 5) is 18.1. The van der Waals surface area contributed by atoms with Crippen molar-refractivity contribution >= 4 is 6.03 Å². The molecule has 0 aliphatic carbocycles. The number of pyridine rings is 1. The Morgan fingerprint density at radius 3 is 2.91 bits per heavy atom. The molecular weight excluding hydrogens is 294 g/mol. The van der Waals surface area contributed by atoms with E-state index >= 15 is 0 Å². The van der Waals surface area contributed by atoms with Crippen molar-refractivity contribution in [2.45, 2.75) is 19.5 Å². The van der Waals surface area contributed by atoms with Crippen LogP contribution in [0.2, 0.25) is 0 Å². The molecule has 3 rings (SSSR count). The Kier molecular flexibility index (Phi) is 4.32. The van der Waals surface area contributed by atoms with Crippen LogP contribution in [0.3, 0.4) is 0 Å². The Bertz CT molecular complexity index is 691. The van der Waals surface area contributed by atoms with Gasteiger partial charge in [-0.1, -0.05) is 12.1 Å². The molecule has 0 spiro atoms. The van der Waals surface area contributed by atoms with Gasteiger partial charge in [-0.05, 0) is 36.8 Å². The first-order chi connectivity index (χ1) is 11.1. The molecule has 0 saturated carbocycles. The van der Waals surface area contributed by atoms with Crippen LogP contribution in [0.1, 0.15) is 24.2 Å². The Balaban J connectivity index is 1.60. The van der Waals surface area contributed by atoms with Gasteiger partial charge in [0.05, 0.1) is 18.3 Å². The Hall–Kier alpha value is -2.76. The van der Waals surface area contributed by atoms with Crippen molar-refractivity contribution in [1.82, 2.24) is 15.2 Å². The van der Waals surface area contributed by atoms with Gasteiger partial charge in [0.25, 0.3) is 0 Å². The lowest BCUT2D eigenvalue weighted by Gasteiger charge is -2.21. The molecule has 0 saturated heterocycles. The van der Waals surface area contributed by atoms with E-state index < -0.39 is 0 Å². The van der Waals surface area contributed by atoms with Gasteiger partial charge in [-0.15, -0.1) is 0 Å². The molecule has 1 aliphatic heterocycles. The summed E-state index contributed by atoms with van der Waals surface area (Å²) >= 11 is 0. The molecule has 23 heavy (non-hydrogen) atoms. The summed E-state index contributed by atoms with van der Waals surface area (Å²) in [5.41, 5.74) is 1.81. The Morgan fingerprint density at radius 1 is 1.30 bits per heavy atom. The number of benzene rings is 1. The number of ether oxygens (including phenoxy) is 2. The molecule has 2 aromatic rings. The fraction of sp³-hybridized carbons (Fsp3) is 0.294. The molecule has 1 aliphatic rings. The fourth-order valence-corrected chi connectivity index (χ4v) is 2.37. The molecular formula is C17H19N3O3. The van der Waals surface area contributed by atoms with E-state index in [2.05, 4.69) is 10.3 Å². The lowest BCUT2D eigenvalue weighted by atomic mass is 10.1. The number of urea groups is 1. The van der Waals surface area contributed by atoms with Gasteiger partial charge in [0.1, 0.15) is 0 Å². The highest BCUT2D eigenvalue weighted by Crippen LogP contribution is 2.34. The van der Waals surface area contributed by atoms with Crippen LogP contribution in [-0.4, -0.2) is 29.8 Å². The van der Waals surface area contributed by atoms with E-state index in [9.17, 15) is 4.79 Å².